The second-order valence-corrected chi connectivity index (χ2v) is 9.10. The molecular formula is C20H32O2. The van der Waals surface area contributed by atoms with E-state index in [1.807, 2.05) is 0 Å². The van der Waals surface area contributed by atoms with Crippen LogP contribution in [0, 0.1) is 35.0 Å². The van der Waals surface area contributed by atoms with Gasteiger partial charge in [0.2, 0.25) is 0 Å². The maximum atomic E-state index is 11.8. The highest BCUT2D eigenvalue weighted by Crippen LogP contribution is 2.65. The van der Waals surface area contributed by atoms with Crippen molar-refractivity contribution >= 4 is 5.78 Å². The number of carbonyl (C=O) groups is 1. The van der Waals surface area contributed by atoms with Crippen LogP contribution < -0.4 is 0 Å². The van der Waals surface area contributed by atoms with Crippen molar-refractivity contribution < 1.29 is 9.90 Å². The van der Waals surface area contributed by atoms with Crippen LogP contribution in [0.3, 0.4) is 0 Å². The van der Waals surface area contributed by atoms with Crippen molar-refractivity contribution in [1.82, 2.24) is 0 Å². The van der Waals surface area contributed by atoms with Crippen molar-refractivity contribution in [3.05, 3.63) is 0 Å². The Morgan fingerprint density at radius 1 is 1.05 bits per heavy atom. The van der Waals surface area contributed by atoms with Gasteiger partial charge in [0.25, 0.3) is 0 Å². The zero-order valence-corrected chi connectivity index (χ0v) is 14.3. The number of aliphatic hydroxyl groups is 1. The SMILES string of the molecule is CC[C@]1(O)CCC2C3CC[C@H]4CC(=O)CCC4C3CCC21C. The van der Waals surface area contributed by atoms with Gasteiger partial charge in [-0.15, -0.1) is 0 Å². The molecule has 2 heteroatoms. The van der Waals surface area contributed by atoms with Crippen LogP contribution in [0.1, 0.15) is 78.1 Å². The molecular weight excluding hydrogens is 272 g/mol. The average Bonchev–Trinajstić information content (AvgIpc) is 2.79. The second kappa shape index (κ2) is 5.06. The standard InChI is InChI=1S/C20H32O2/c1-3-20(22)11-9-18-17-6-4-13-12-14(21)5-7-15(13)16(17)8-10-19(18,20)2/h13,15-18,22H,3-12H2,1-2H3/t13-,15?,16?,17?,18?,19?,20-/m0/s1. The van der Waals surface area contributed by atoms with Crippen LogP contribution in [-0.4, -0.2) is 16.5 Å². The van der Waals surface area contributed by atoms with Gasteiger partial charge in [-0.05, 0) is 86.4 Å². The van der Waals surface area contributed by atoms with E-state index in [1.165, 1.54) is 32.1 Å². The molecule has 2 nitrogen and oxygen atoms in total. The summed E-state index contributed by atoms with van der Waals surface area (Å²) in [5.41, 5.74) is -0.262. The summed E-state index contributed by atoms with van der Waals surface area (Å²) in [5, 5.41) is 11.2. The van der Waals surface area contributed by atoms with E-state index in [0.717, 1.165) is 55.8 Å². The van der Waals surface area contributed by atoms with Crippen LogP contribution in [-0.2, 0) is 4.79 Å². The van der Waals surface area contributed by atoms with E-state index in [0.29, 0.717) is 11.7 Å². The Kier molecular flexibility index (Phi) is 3.49. The Morgan fingerprint density at radius 2 is 1.86 bits per heavy atom. The van der Waals surface area contributed by atoms with Crippen molar-refractivity contribution in [2.24, 2.45) is 35.0 Å². The van der Waals surface area contributed by atoms with Gasteiger partial charge in [0.05, 0.1) is 5.60 Å². The molecule has 0 aromatic rings. The molecule has 4 aliphatic rings. The molecule has 0 aliphatic heterocycles. The van der Waals surface area contributed by atoms with Crippen LogP contribution in [0.4, 0.5) is 0 Å². The fourth-order valence-corrected chi connectivity index (χ4v) is 7.35. The van der Waals surface area contributed by atoms with Crippen LogP contribution >= 0.6 is 0 Å². The Morgan fingerprint density at radius 3 is 2.64 bits per heavy atom. The summed E-state index contributed by atoms with van der Waals surface area (Å²) in [6.07, 6.45) is 11.1. The lowest BCUT2D eigenvalue weighted by Gasteiger charge is -2.57. The van der Waals surface area contributed by atoms with Gasteiger partial charge in [0, 0.05) is 12.8 Å². The average molecular weight is 304 g/mol. The molecule has 22 heavy (non-hydrogen) atoms. The normalized spacial score (nSPS) is 54.5. The largest absolute Gasteiger partial charge is 0.389 e. The van der Waals surface area contributed by atoms with E-state index < -0.39 is 5.60 Å². The second-order valence-electron chi connectivity index (χ2n) is 9.10. The Hall–Kier alpha value is -0.370. The molecule has 7 atom stereocenters. The van der Waals surface area contributed by atoms with E-state index in [-0.39, 0.29) is 5.41 Å². The van der Waals surface area contributed by atoms with Gasteiger partial charge in [0.15, 0.2) is 0 Å². The van der Waals surface area contributed by atoms with E-state index in [2.05, 4.69) is 13.8 Å². The first kappa shape index (κ1) is 15.2. The van der Waals surface area contributed by atoms with Crippen LogP contribution in [0.2, 0.25) is 0 Å². The number of hydrogen-bond acceptors (Lipinski definition) is 2. The van der Waals surface area contributed by atoms with Crippen molar-refractivity contribution in [1.29, 1.82) is 0 Å². The molecule has 0 bridgehead atoms. The molecule has 1 N–H and O–H groups in total. The van der Waals surface area contributed by atoms with E-state index >= 15 is 0 Å². The molecule has 4 rings (SSSR count). The minimum atomic E-state index is -0.415. The minimum Gasteiger partial charge on any atom is -0.389 e. The minimum absolute atomic E-state index is 0.153. The lowest BCUT2D eigenvalue weighted by molar-refractivity contribution is -0.138. The molecule has 0 spiro atoms. The third-order valence-electron chi connectivity index (χ3n) is 8.67. The molecule has 4 fully saturated rings. The highest BCUT2D eigenvalue weighted by atomic mass is 16.3. The molecule has 5 unspecified atom stereocenters. The Balaban J connectivity index is 1.59. The Labute approximate surface area is 135 Å². The quantitative estimate of drug-likeness (QED) is 0.782. The summed E-state index contributed by atoms with van der Waals surface area (Å²) in [6.45, 7) is 4.56. The molecule has 0 aromatic carbocycles. The zero-order valence-electron chi connectivity index (χ0n) is 14.3. The number of rotatable bonds is 1. The maximum Gasteiger partial charge on any atom is 0.133 e. The zero-order chi connectivity index (χ0) is 15.5. The molecule has 0 heterocycles. The van der Waals surface area contributed by atoms with Gasteiger partial charge in [-0.3, -0.25) is 4.79 Å². The van der Waals surface area contributed by atoms with Crippen LogP contribution in [0.15, 0.2) is 0 Å². The highest BCUT2D eigenvalue weighted by Gasteiger charge is 2.61. The monoisotopic (exact) mass is 304 g/mol. The van der Waals surface area contributed by atoms with Crippen molar-refractivity contribution in [3.8, 4) is 0 Å². The van der Waals surface area contributed by atoms with Crippen LogP contribution in [0.25, 0.3) is 0 Å². The van der Waals surface area contributed by atoms with Crippen molar-refractivity contribution in [2.45, 2.75) is 83.7 Å². The molecule has 4 saturated carbocycles. The predicted octanol–water partition coefficient (Wildman–Crippen LogP) is 4.35. The summed E-state index contributed by atoms with van der Waals surface area (Å²) in [5.74, 6) is 4.43. The first-order chi connectivity index (χ1) is 10.5. The predicted molar refractivity (Wildman–Crippen MR) is 87.4 cm³/mol. The third kappa shape index (κ3) is 1.92. The molecule has 0 radical (unpaired) electrons. The van der Waals surface area contributed by atoms with Crippen molar-refractivity contribution in [2.75, 3.05) is 0 Å². The lowest BCUT2D eigenvalue weighted by atomic mass is 9.49. The third-order valence-corrected chi connectivity index (χ3v) is 8.67. The fraction of sp³-hybridized carbons (Fsp3) is 0.950. The molecule has 0 aromatic heterocycles. The first-order valence-corrected chi connectivity index (χ1v) is 9.72. The Bertz CT molecular complexity index is 472. The number of ketones is 1. The summed E-state index contributed by atoms with van der Waals surface area (Å²) in [4.78, 5) is 11.8. The summed E-state index contributed by atoms with van der Waals surface area (Å²) in [6, 6.07) is 0. The molecule has 0 saturated heterocycles. The van der Waals surface area contributed by atoms with Gasteiger partial charge in [-0.25, -0.2) is 0 Å². The van der Waals surface area contributed by atoms with Crippen molar-refractivity contribution in [3.63, 3.8) is 0 Å². The molecule has 4 aliphatic carbocycles. The highest BCUT2D eigenvalue weighted by molar-refractivity contribution is 5.79. The van der Waals surface area contributed by atoms with E-state index in [9.17, 15) is 9.90 Å². The molecule has 124 valence electrons. The fourth-order valence-electron chi connectivity index (χ4n) is 7.35. The smallest absolute Gasteiger partial charge is 0.133 e. The number of Topliss-reactive ketones (excluding diaryl/α,β-unsaturated/α-hetero) is 1. The van der Waals surface area contributed by atoms with Crippen LogP contribution in [0.5, 0.6) is 0 Å². The van der Waals surface area contributed by atoms with E-state index in [4.69, 9.17) is 0 Å². The summed E-state index contributed by atoms with van der Waals surface area (Å²) < 4.78 is 0. The summed E-state index contributed by atoms with van der Waals surface area (Å²) in [7, 11) is 0. The first-order valence-electron chi connectivity index (χ1n) is 9.72. The van der Waals surface area contributed by atoms with Gasteiger partial charge in [-0.2, -0.15) is 0 Å². The lowest BCUT2D eigenvalue weighted by Crippen LogP contribution is -2.53. The van der Waals surface area contributed by atoms with E-state index in [1.54, 1.807) is 0 Å². The maximum absolute atomic E-state index is 11.8. The molecule has 0 amide bonds. The number of hydrogen-bond donors (Lipinski definition) is 1. The van der Waals surface area contributed by atoms with Gasteiger partial charge in [0.1, 0.15) is 5.78 Å². The van der Waals surface area contributed by atoms with Gasteiger partial charge < -0.3 is 5.11 Å². The topological polar surface area (TPSA) is 37.3 Å². The van der Waals surface area contributed by atoms with Gasteiger partial charge >= 0.3 is 0 Å². The number of carbonyl (C=O) groups excluding carboxylic acids is 1. The number of fused-ring (bicyclic) bond motifs is 5. The summed E-state index contributed by atoms with van der Waals surface area (Å²) >= 11 is 0. The van der Waals surface area contributed by atoms with Gasteiger partial charge in [-0.1, -0.05) is 13.8 Å².